The first-order valence-corrected chi connectivity index (χ1v) is 7.87. The van der Waals surface area contributed by atoms with Crippen molar-refractivity contribution in [3.63, 3.8) is 0 Å². The van der Waals surface area contributed by atoms with E-state index in [0.29, 0.717) is 6.04 Å². The molecule has 3 nitrogen and oxygen atoms in total. The van der Waals surface area contributed by atoms with Crippen LogP contribution in [0, 0.1) is 0 Å². The molecule has 0 saturated heterocycles. The first kappa shape index (κ1) is 14.0. The van der Waals surface area contributed by atoms with Crippen molar-refractivity contribution in [2.45, 2.75) is 37.8 Å². The second-order valence-electron chi connectivity index (χ2n) is 4.63. The quantitative estimate of drug-likeness (QED) is 0.802. The standard InChI is InChI=1S/C15H21N3S/c1-4-12(2)18-10-9-14(17-18)11-16-13-5-7-15(19-3)8-6-13/h5-10,12,16H,4,11H2,1-3H3. The van der Waals surface area contributed by atoms with Gasteiger partial charge in [0.25, 0.3) is 0 Å². The van der Waals surface area contributed by atoms with Crippen LogP contribution in [0.25, 0.3) is 0 Å². The van der Waals surface area contributed by atoms with Crippen LogP contribution in [0.4, 0.5) is 5.69 Å². The molecule has 102 valence electrons. The SMILES string of the molecule is CCC(C)n1ccc(CNc2ccc(SC)cc2)n1. The van der Waals surface area contributed by atoms with Crippen LogP contribution in [0.15, 0.2) is 41.4 Å². The van der Waals surface area contributed by atoms with E-state index >= 15 is 0 Å². The number of thioether (sulfide) groups is 1. The van der Waals surface area contributed by atoms with Gasteiger partial charge in [-0.2, -0.15) is 5.10 Å². The Hall–Kier alpha value is -1.42. The lowest BCUT2D eigenvalue weighted by atomic mass is 10.3. The fourth-order valence-corrected chi connectivity index (χ4v) is 2.21. The molecule has 0 saturated carbocycles. The number of hydrogen-bond donors (Lipinski definition) is 1. The van der Waals surface area contributed by atoms with Crippen LogP contribution in [0.2, 0.25) is 0 Å². The number of nitrogens with one attached hydrogen (secondary N) is 1. The largest absolute Gasteiger partial charge is 0.379 e. The van der Waals surface area contributed by atoms with Crippen molar-refractivity contribution in [3.8, 4) is 0 Å². The van der Waals surface area contributed by atoms with Gasteiger partial charge in [-0.05, 0) is 49.9 Å². The third kappa shape index (κ3) is 3.77. The Morgan fingerprint density at radius 3 is 2.63 bits per heavy atom. The zero-order valence-electron chi connectivity index (χ0n) is 11.8. The molecule has 1 aromatic heterocycles. The number of hydrogen-bond acceptors (Lipinski definition) is 3. The van der Waals surface area contributed by atoms with E-state index in [-0.39, 0.29) is 0 Å². The smallest absolute Gasteiger partial charge is 0.0815 e. The fourth-order valence-electron chi connectivity index (χ4n) is 1.81. The molecule has 1 unspecified atom stereocenters. The van der Waals surface area contributed by atoms with E-state index < -0.39 is 0 Å². The first-order valence-electron chi connectivity index (χ1n) is 6.65. The summed E-state index contributed by atoms with van der Waals surface area (Å²) >= 11 is 1.76. The Balaban J connectivity index is 1.92. The Morgan fingerprint density at radius 2 is 2.00 bits per heavy atom. The normalized spacial score (nSPS) is 12.4. The number of aromatic nitrogens is 2. The van der Waals surface area contributed by atoms with Crippen molar-refractivity contribution in [2.24, 2.45) is 0 Å². The highest BCUT2D eigenvalue weighted by Crippen LogP contribution is 2.18. The van der Waals surface area contributed by atoms with Gasteiger partial charge < -0.3 is 5.32 Å². The minimum atomic E-state index is 0.467. The second-order valence-corrected chi connectivity index (χ2v) is 5.51. The van der Waals surface area contributed by atoms with Crippen LogP contribution in [0.5, 0.6) is 0 Å². The monoisotopic (exact) mass is 275 g/mol. The molecular weight excluding hydrogens is 254 g/mol. The van der Waals surface area contributed by atoms with E-state index in [1.54, 1.807) is 11.8 Å². The Labute approximate surface area is 119 Å². The van der Waals surface area contributed by atoms with Gasteiger partial charge in [0, 0.05) is 22.8 Å². The topological polar surface area (TPSA) is 29.9 Å². The molecule has 0 aliphatic rings. The lowest BCUT2D eigenvalue weighted by molar-refractivity contribution is 0.474. The van der Waals surface area contributed by atoms with Crippen molar-refractivity contribution >= 4 is 17.4 Å². The van der Waals surface area contributed by atoms with E-state index in [2.05, 4.69) is 67.0 Å². The minimum Gasteiger partial charge on any atom is -0.379 e. The number of anilines is 1. The molecule has 1 N–H and O–H groups in total. The Bertz CT molecular complexity index is 504. The number of rotatable bonds is 6. The first-order chi connectivity index (χ1) is 9.22. The summed E-state index contributed by atoms with van der Waals surface area (Å²) in [5, 5.41) is 7.98. The summed E-state index contributed by atoms with van der Waals surface area (Å²) in [6.45, 7) is 5.13. The van der Waals surface area contributed by atoms with Crippen LogP contribution >= 0.6 is 11.8 Å². The van der Waals surface area contributed by atoms with Crippen molar-refractivity contribution in [1.29, 1.82) is 0 Å². The van der Waals surface area contributed by atoms with Gasteiger partial charge in [-0.25, -0.2) is 0 Å². The third-order valence-corrected chi connectivity index (χ3v) is 4.01. The van der Waals surface area contributed by atoms with Crippen LogP contribution < -0.4 is 5.32 Å². The highest BCUT2D eigenvalue weighted by atomic mass is 32.2. The fraction of sp³-hybridized carbons (Fsp3) is 0.400. The lowest BCUT2D eigenvalue weighted by Crippen LogP contribution is -2.06. The molecule has 0 bridgehead atoms. The molecule has 19 heavy (non-hydrogen) atoms. The molecule has 0 aliphatic heterocycles. The predicted octanol–water partition coefficient (Wildman–Crippen LogP) is 4.19. The summed E-state index contributed by atoms with van der Waals surface area (Å²) in [7, 11) is 0. The second kappa shape index (κ2) is 6.66. The van der Waals surface area contributed by atoms with Gasteiger partial charge >= 0.3 is 0 Å². The third-order valence-electron chi connectivity index (χ3n) is 3.27. The average molecular weight is 275 g/mol. The zero-order valence-corrected chi connectivity index (χ0v) is 12.6. The van der Waals surface area contributed by atoms with E-state index in [0.717, 1.165) is 24.3 Å². The predicted molar refractivity (Wildman–Crippen MR) is 82.8 cm³/mol. The van der Waals surface area contributed by atoms with Crippen LogP contribution in [0.3, 0.4) is 0 Å². The maximum absolute atomic E-state index is 4.58. The maximum Gasteiger partial charge on any atom is 0.0815 e. The molecule has 1 atom stereocenters. The van der Waals surface area contributed by atoms with Crippen LogP contribution in [0.1, 0.15) is 32.0 Å². The van der Waals surface area contributed by atoms with E-state index in [9.17, 15) is 0 Å². The van der Waals surface area contributed by atoms with Crippen molar-refractivity contribution < 1.29 is 0 Å². The van der Waals surface area contributed by atoms with Gasteiger partial charge in [-0.3, -0.25) is 4.68 Å². The molecule has 0 spiro atoms. The molecule has 2 aromatic rings. The zero-order chi connectivity index (χ0) is 13.7. The molecule has 0 aliphatic carbocycles. The highest BCUT2D eigenvalue weighted by Gasteiger charge is 2.04. The average Bonchev–Trinajstić information content (AvgIpc) is 2.93. The summed E-state index contributed by atoms with van der Waals surface area (Å²) in [6.07, 6.45) is 5.25. The van der Waals surface area contributed by atoms with Gasteiger partial charge in [0.1, 0.15) is 0 Å². The highest BCUT2D eigenvalue weighted by molar-refractivity contribution is 7.98. The van der Waals surface area contributed by atoms with Gasteiger partial charge in [-0.15, -0.1) is 11.8 Å². The molecule has 0 radical (unpaired) electrons. The number of benzene rings is 1. The van der Waals surface area contributed by atoms with Crippen molar-refractivity contribution in [2.75, 3.05) is 11.6 Å². The summed E-state index contributed by atoms with van der Waals surface area (Å²) in [4.78, 5) is 1.28. The van der Waals surface area contributed by atoms with E-state index in [1.807, 2.05) is 4.68 Å². The minimum absolute atomic E-state index is 0.467. The molecule has 4 heteroatoms. The maximum atomic E-state index is 4.58. The van der Waals surface area contributed by atoms with Crippen molar-refractivity contribution in [3.05, 3.63) is 42.2 Å². The van der Waals surface area contributed by atoms with E-state index in [4.69, 9.17) is 0 Å². The van der Waals surface area contributed by atoms with Gasteiger partial charge in [0.05, 0.1) is 12.2 Å². The van der Waals surface area contributed by atoms with Gasteiger partial charge in [0.2, 0.25) is 0 Å². The molecule has 2 rings (SSSR count). The van der Waals surface area contributed by atoms with Crippen LogP contribution in [-0.4, -0.2) is 16.0 Å². The molecular formula is C15H21N3S. The van der Waals surface area contributed by atoms with Gasteiger partial charge in [0.15, 0.2) is 0 Å². The van der Waals surface area contributed by atoms with Crippen molar-refractivity contribution in [1.82, 2.24) is 9.78 Å². The molecule has 1 heterocycles. The molecule has 0 fully saturated rings. The Morgan fingerprint density at radius 1 is 1.26 bits per heavy atom. The van der Waals surface area contributed by atoms with E-state index in [1.165, 1.54) is 4.90 Å². The van der Waals surface area contributed by atoms with Crippen LogP contribution in [-0.2, 0) is 6.54 Å². The summed E-state index contributed by atoms with van der Waals surface area (Å²) in [5.74, 6) is 0. The summed E-state index contributed by atoms with van der Waals surface area (Å²) in [5.41, 5.74) is 2.21. The molecule has 1 aromatic carbocycles. The lowest BCUT2D eigenvalue weighted by Gasteiger charge is -2.08. The molecule has 0 amide bonds. The number of nitrogens with zero attached hydrogens (tertiary/aromatic N) is 2. The van der Waals surface area contributed by atoms with Gasteiger partial charge in [-0.1, -0.05) is 6.92 Å². The Kier molecular flexibility index (Phi) is 4.91. The summed E-state index contributed by atoms with van der Waals surface area (Å²) < 4.78 is 2.04. The summed E-state index contributed by atoms with van der Waals surface area (Å²) in [6, 6.07) is 11.0.